The largest absolute Gasteiger partial charge is 0.488 e. The molecule has 24 heavy (non-hydrogen) atoms. The number of ether oxygens (including phenoxy) is 1. The second-order valence-corrected chi connectivity index (χ2v) is 5.59. The number of aromatic nitrogens is 1. The second kappa shape index (κ2) is 6.58. The van der Waals surface area contributed by atoms with Crippen LogP contribution < -0.4 is 4.74 Å². The van der Waals surface area contributed by atoms with Gasteiger partial charge in [0, 0.05) is 11.6 Å². The van der Waals surface area contributed by atoms with Crippen molar-refractivity contribution in [3.63, 3.8) is 0 Å². The van der Waals surface area contributed by atoms with Crippen molar-refractivity contribution in [3.8, 4) is 17.1 Å². The maximum Gasteiger partial charge on any atom is 0.358 e. The molecule has 5 nitrogen and oxygen atoms in total. The Balaban J connectivity index is 1.84. The van der Waals surface area contributed by atoms with Crippen LogP contribution in [0.25, 0.3) is 11.3 Å². The van der Waals surface area contributed by atoms with E-state index in [1.54, 1.807) is 0 Å². The fraction of sp³-hybridized carbons (Fsp3) is 0.158. The van der Waals surface area contributed by atoms with E-state index in [1.807, 2.05) is 56.3 Å². The van der Waals surface area contributed by atoms with Gasteiger partial charge in [-0.15, -0.1) is 0 Å². The Morgan fingerprint density at radius 3 is 2.38 bits per heavy atom. The molecule has 0 atom stereocenters. The number of hydrogen-bond acceptors (Lipinski definition) is 4. The van der Waals surface area contributed by atoms with Gasteiger partial charge in [-0.05, 0) is 42.7 Å². The van der Waals surface area contributed by atoms with Crippen LogP contribution >= 0.6 is 0 Å². The first kappa shape index (κ1) is 15.8. The van der Waals surface area contributed by atoms with Gasteiger partial charge in [-0.25, -0.2) is 4.79 Å². The summed E-state index contributed by atoms with van der Waals surface area (Å²) in [7, 11) is 0. The minimum absolute atomic E-state index is 0.107. The standard InChI is InChI=1S/C19H17NO4/c1-12-8-15(17-10-16(19(21)22)20-24-17)9-13(2)18(12)23-11-14-6-4-3-5-7-14/h3-10H,11H2,1-2H3,(H,21,22). The summed E-state index contributed by atoms with van der Waals surface area (Å²) in [6, 6.07) is 15.2. The minimum atomic E-state index is -1.11. The molecule has 0 saturated carbocycles. The van der Waals surface area contributed by atoms with Crippen molar-refractivity contribution in [3.05, 3.63) is 70.9 Å². The third-order valence-corrected chi connectivity index (χ3v) is 3.70. The fourth-order valence-corrected chi connectivity index (χ4v) is 2.56. The molecular formula is C19H17NO4. The van der Waals surface area contributed by atoms with Gasteiger partial charge < -0.3 is 14.4 Å². The number of benzene rings is 2. The van der Waals surface area contributed by atoms with E-state index in [-0.39, 0.29) is 5.69 Å². The molecule has 0 unspecified atom stereocenters. The van der Waals surface area contributed by atoms with Gasteiger partial charge in [-0.2, -0.15) is 0 Å². The Hall–Kier alpha value is -3.08. The van der Waals surface area contributed by atoms with Crippen LogP contribution in [0.4, 0.5) is 0 Å². The predicted octanol–water partition coefficient (Wildman–Crippen LogP) is 4.24. The lowest BCUT2D eigenvalue weighted by Crippen LogP contribution is -1.99. The van der Waals surface area contributed by atoms with Crippen LogP contribution in [0, 0.1) is 13.8 Å². The first-order valence-corrected chi connectivity index (χ1v) is 7.53. The molecule has 5 heteroatoms. The van der Waals surface area contributed by atoms with Crippen molar-refractivity contribution in [2.45, 2.75) is 20.5 Å². The van der Waals surface area contributed by atoms with Gasteiger partial charge >= 0.3 is 5.97 Å². The summed E-state index contributed by atoms with van der Waals surface area (Å²) in [6.45, 7) is 4.39. The lowest BCUT2D eigenvalue weighted by molar-refractivity contribution is 0.0686. The summed E-state index contributed by atoms with van der Waals surface area (Å²) >= 11 is 0. The lowest BCUT2D eigenvalue weighted by atomic mass is 10.0. The van der Waals surface area contributed by atoms with E-state index in [2.05, 4.69) is 5.16 Å². The zero-order valence-electron chi connectivity index (χ0n) is 13.4. The summed E-state index contributed by atoms with van der Waals surface area (Å²) < 4.78 is 11.1. The van der Waals surface area contributed by atoms with E-state index in [4.69, 9.17) is 14.4 Å². The molecule has 0 bridgehead atoms. The number of carboxylic acids is 1. The smallest absolute Gasteiger partial charge is 0.358 e. The van der Waals surface area contributed by atoms with Crippen LogP contribution in [0.2, 0.25) is 0 Å². The van der Waals surface area contributed by atoms with Crippen LogP contribution in [0.3, 0.4) is 0 Å². The normalized spacial score (nSPS) is 10.6. The van der Waals surface area contributed by atoms with Crippen molar-refractivity contribution in [2.75, 3.05) is 0 Å². The highest BCUT2D eigenvalue weighted by atomic mass is 16.5. The zero-order valence-corrected chi connectivity index (χ0v) is 13.4. The molecule has 0 radical (unpaired) electrons. The predicted molar refractivity (Wildman–Crippen MR) is 89.1 cm³/mol. The monoisotopic (exact) mass is 323 g/mol. The minimum Gasteiger partial charge on any atom is -0.488 e. The Kier molecular flexibility index (Phi) is 4.33. The molecule has 1 heterocycles. The van der Waals surface area contributed by atoms with Crippen molar-refractivity contribution in [2.24, 2.45) is 0 Å². The Morgan fingerprint density at radius 1 is 1.12 bits per heavy atom. The first-order chi connectivity index (χ1) is 11.5. The SMILES string of the molecule is Cc1cc(-c2cc(C(=O)O)no2)cc(C)c1OCc1ccccc1. The third kappa shape index (κ3) is 3.30. The van der Waals surface area contributed by atoms with Gasteiger partial charge in [0.2, 0.25) is 0 Å². The molecule has 122 valence electrons. The Morgan fingerprint density at radius 2 is 1.79 bits per heavy atom. The molecule has 3 aromatic rings. The molecule has 0 fully saturated rings. The molecule has 0 aliphatic carbocycles. The molecule has 1 N–H and O–H groups in total. The topological polar surface area (TPSA) is 72.6 Å². The molecule has 0 saturated heterocycles. The number of aromatic carboxylic acids is 1. The third-order valence-electron chi connectivity index (χ3n) is 3.70. The van der Waals surface area contributed by atoms with Crippen LogP contribution in [0.5, 0.6) is 5.75 Å². The fourth-order valence-electron chi connectivity index (χ4n) is 2.56. The molecule has 3 rings (SSSR count). The summed E-state index contributed by atoms with van der Waals surface area (Å²) in [5, 5.41) is 12.5. The molecule has 0 aliphatic rings. The van der Waals surface area contributed by atoms with E-state index in [0.717, 1.165) is 28.0 Å². The number of carbonyl (C=O) groups is 1. The summed E-state index contributed by atoms with van der Waals surface area (Å²) in [4.78, 5) is 10.9. The molecule has 0 aliphatic heterocycles. The summed E-state index contributed by atoms with van der Waals surface area (Å²) in [5.74, 6) is 0.134. The van der Waals surface area contributed by atoms with Crippen LogP contribution in [0.1, 0.15) is 27.2 Å². The Bertz CT molecular complexity index is 845. The lowest BCUT2D eigenvalue weighted by Gasteiger charge is -2.13. The quantitative estimate of drug-likeness (QED) is 0.760. The second-order valence-electron chi connectivity index (χ2n) is 5.59. The van der Waals surface area contributed by atoms with E-state index < -0.39 is 5.97 Å². The van der Waals surface area contributed by atoms with Gasteiger partial charge in [0.15, 0.2) is 11.5 Å². The van der Waals surface area contributed by atoms with E-state index >= 15 is 0 Å². The average molecular weight is 323 g/mol. The van der Waals surface area contributed by atoms with E-state index in [9.17, 15) is 4.79 Å². The zero-order chi connectivity index (χ0) is 17.1. The number of aryl methyl sites for hydroxylation is 2. The summed E-state index contributed by atoms with van der Waals surface area (Å²) in [6.07, 6.45) is 0. The number of rotatable bonds is 5. The van der Waals surface area contributed by atoms with E-state index in [0.29, 0.717) is 12.4 Å². The van der Waals surface area contributed by atoms with Crippen molar-refractivity contribution in [1.29, 1.82) is 0 Å². The molecule has 0 amide bonds. The highest BCUT2D eigenvalue weighted by Crippen LogP contribution is 2.31. The molecule has 0 spiro atoms. The van der Waals surface area contributed by atoms with Gasteiger partial charge in [0.1, 0.15) is 12.4 Å². The number of hydrogen-bond donors (Lipinski definition) is 1. The van der Waals surface area contributed by atoms with Crippen molar-refractivity contribution >= 4 is 5.97 Å². The van der Waals surface area contributed by atoms with Crippen molar-refractivity contribution < 1.29 is 19.2 Å². The first-order valence-electron chi connectivity index (χ1n) is 7.53. The van der Waals surface area contributed by atoms with Gasteiger partial charge in [-0.1, -0.05) is 35.5 Å². The van der Waals surface area contributed by atoms with Crippen LogP contribution in [-0.4, -0.2) is 16.2 Å². The number of carboxylic acid groups (broad SMARTS) is 1. The maximum absolute atomic E-state index is 10.9. The molecular weight excluding hydrogens is 306 g/mol. The van der Waals surface area contributed by atoms with Gasteiger partial charge in [-0.3, -0.25) is 0 Å². The highest BCUT2D eigenvalue weighted by Gasteiger charge is 2.14. The van der Waals surface area contributed by atoms with Gasteiger partial charge in [0.05, 0.1) is 0 Å². The Labute approximate surface area is 139 Å². The van der Waals surface area contributed by atoms with E-state index in [1.165, 1.54) is 6.07 Å². The maximum atomic E-state index is 10.9. The van der Waals surface area contributed by atoms with Crippen molar-refractivity contribution in [1.82, 2.24) is 5.16 Å². The molecule has 2 aromatic carbocycles. The summed E-state index contributed by atoms with van der Waals surface area (Å²) in [5.41, 5.74) is 3.67. The molecule has 1 aromatic heterocycles. The van der Waals surface area contributed by atoms with Crippen LogP contribution in [0.15, 0.2) is 53.1 Å². The average Bonchev–Trinajstić information content (AvgIpc) is 3.05. The number of nitrogens with zero attached hydrogens (tertiary/aromatic N) is 1. The highest BCUT2D eigenvalue weighted by molar-refractivity contribution is 5.86. The van der Waals surface area contributed by atoms with Crippen LogP contribution in [-0.2, 0) is 6.61 Å². The van der Waals surface area contributed by atoms with Gasteiger partial charge in [0.25, 0.3) is 0 Å².